The SMILES string of the molecule is CC(CC1CN(CC2CCCC2)c2ccccc21)C(=O)O. The van der Waals surface area contributed by atoms with Crippen LogP contribution in [0, 0.1) is 11.8 Å². The molecule has 1 fully saturated rings. The standard InChI is InChI=1S/C18H25NO2/c1-13(18(20)21)10-15-12-19(11-14-6-2-3-7-14)17-9-5-4-8-16(15)17/h4-5,8-9,13-15H,2-3,6-7,10-12H2,1H3,(H,20,21). The quantitative estimate of drug-likeness (QED) is 0.893. The fourth-order valence-electron chi connectivity index (χ4n) is 3.99. The minimum Gasteiger partial charge on any atom is -0.481 e. The van der Waals surface area contributed by atoms with E-state index in [9.17, 15) is 9.90 Å². The average Bonchev–Trinajstić information content (AvgIpc) is 3.09. The summed E-state index contributed by atoms with van der Waals surface area (Å²) in [5.74, 6) is 0.249. The lowest BCUT2D eigenvalue weighted by Crippen LogP contribution is -2.28. The van der Waals surface area contributed by atoms with Crippen molar-refractivity contribution in [3.8, 4) is 0 Å². The molecule has 3 nitrogen and oxygen atoms in total. The zero-order chi connectivity index (χ0) is 14.8. The van der Waals surface area contributed by atoms with Crippen LogP contribution >= 0.6 is 0 Å². The first kappa shape index (κ1) is 14.4. The number of carbonyl (C=O) groups is 1. The highest BCUT2D eigenvalue weighted by molar-refractivity contribution is 5.70. The first-order valence-electron chi connectivity index (χ1n) is 8.22. The monoisotopic (exact) mass is 287 g/mol. The smallest absolute Gasteiger partial charge is 0.306 e. The summed E-state index contributed by atoms with van der Waals surface area (Å²) in [6, 6.07) is 8.57. The van der Waals surface area contributed by atoms with E-state index in [1.165, 1.54) is 36.9 Å². The molecule has 0 spiro atoms. The van der Waals surface area contributed by atoms with Crippen LogP contribution in [0.25, 0.3) is 0 Å². The van der Waals surface area contributed by atoms with Crippen LogP contribution in [-0.4, -0.2) is 24.2 Å². The van der Waals surface area contributed by atoms with E-state index in [4.69, 9.17) is 0 Å². The molecule has 0 saturated heterocycles. The molecule has 0 radical (unpaired) electrons. The van der Waals surface area contributed by atoms with Gasteiger partial charge in [-0.05, 0) is 36.8 Å². The maximum absolute atomic E-state index is 11.1. The number of nitrogens with zero attached hydrogens (tertiary/aromatic N) is 1. The largest absolute Gasteiger partial charge is 0.481 e. The van der Waals surface area contributed by atoms with Crippen LogP contribution in [0.3, 0.4) is 0 Å². The molecule has 1 aromatic carbocycles. The van der Waals surface area contributed by atoms with Gasteiger partial charge in [0, 0.05) is 24.7 Å². The highest BCUT2D eigenvalue weighted by Crippen LogP contribution is 2.40. The van der Waals surface area contributed by atoms with Gasteiger partial charge >= 0.3 is 5.97 Å². The highest BCUT2D eigenvalue weighted by Gasteiger charge is 2.32. The molecule has 1 heterocycles. The van der Waals surface area contributed by atoms with Crippen molar-refractivity contribution in [2.75, 3.05) is 18.0 Å². The van der Waals surface area contributed by atoms with Gasteiger partial charge in [0.15, 0.2) is 0 Å². The summed E-state index contributed by atoms with van der Waals surface area (Å²) in [4.78, 5) is 13.7. The molecule has 1 aromatic rings. The van der Waals surface area contributed by atoms with E-state index >= 15 is 0 Å². The Kier molecular flexibility index (Phi) is 4.18. The van der Waals surface area contributed by atoms with Crippen LogP contribution in [0.5, 0.6) is 0 Å². The first-order chi connectivity index (χ1) is 10.1. The van der Waals surface area contributed by atoms with Crippen molar-refractivity contribution in [3.05, 3.63) is 29.8 Å². The fourth-order valence-corrected chi connectivity index (χ4v) is 3.99. The zero-order valence-electron chi connectivity index (χ0n) is 12.8. The van der Waals surface area contributed by atoms with Gasteiger partial charge in [-0.15, -0.1) is 0 Å². The van der Waals surface area contributed by atoms with E-state index in [1.807, 2.05) is 6.92 Å². The van der Waals surface area contributed by atoms with E-state index in [1.54, 1.807) is 0 Å². The Morgan fingerprint density at radius 3 is 2.76 bits per heavy atom. The van der Waals surface area contributed by atoms with Crippen molar-refractivity contribution >= 4 is 11.7 Å². The molecule has 21 heavy (non-hydrogen) atoms. The Bertz CT molecular complexity index is 508. The molecule has 3 heteroatoms. The molecule has 0 amide bonds. The summed E-state index contributed by atoms with van der Waals surface area (Å²) in [6.45, 7) is 3.97. The van der Waals surface area contributed by atoms with Gasteiger partial charge in [0.05, 0.1) is 5.92 Å². The van der Waals surface area contributed by atoms with Crippen LogP contribution < -0.4 is 4.90 Å². The van der Waals surface area contributed by atoms with E-state index in [-0.39, 0.29) is 5.92 Å². The van der Waals surface area contributed by atoms with Gasteiger partial charge in [0.25, 0.3) is 0 Å². The van der Waals surface area contributed by atoms with Crippen molar-refractivity contribution in [2.24, 2.45) is 11.8 Å². The molecular weight excluding hydrogens is 262 g/mol. The number of hydrogen-bond donors (Lipinski definition) is 1. The minimum absolute atomic E-state index is 0.269. The van der Waals surface area contributed by atoms with Gasteiger partial charge in [0.1, 0.15) is 0 Å². The second-order valence-corrected chi connectivity index (χ2v) is 6.79. The number of carboxylic acids is 1. The van der Waals surface area contributed by atoms with E-state index in [2.05, 4.69) is 29.2 Å². The lowest BCUT2D eigenvalue weighted by Gasteiger charge is -2.24. The second-order valence-electron chi connectivity index (χ2n) is 6.79. The van der Waals surface area contributed by atoms with E-state index in [0.717, 1.165) is 25.4 Å². The van der Waals surface area contributed by atoms with Gasteiger partial charge in [-0.3, -0.25) is 4.79 Å². The number of fused-ring (bicyclic) bond motifs is 1. The number of para-hydroxylation sites is 1. The van der Waals surface area contributed by atoms with Gasteiger partial charge < -0.3 is 10.0 Å². The Labute approximate surface area is 127 Å². The molecule has 2 atom stereocenters. The van der Waals surface area contributed by atoms with Crippen LogP contribution in [0.2, 0.25) is 0 Å². The molecule has 2 aliphatic rings. The summed E-state index contributed by atoms with van der Waals surface area (Å²) in [5, 5.41) is 9.17. The Hall–Kier alpha value is -1.51. The maximum atomic E-state index is 11.1. The molecule has 3 rings (SSSR count). The molecule has 1 N–H and O–H groups in total. The zero-order valence-corrected chi connectivity index (χ0v) is 12.8. The molecule has 0 aromatic heterocycles. The van der Waals surface area contributed by atoms with Crippen molar-refractivity contribution in [1.82, 2.24) is 0 Å². The van der Waals surface area contributed by atoms with Crippen LogP contribution in [-0.2, 0) is 4.79 Å². The lowest BCUT2D eigenvalue weighted by atomic mass is 9.91. The molecule has 1 saturated carbocycles. The number of hydrogen-bond acceptors (Lipinski definition) is 2. The number of carboxylic acid groups (broad SMARTS) is 1. The Balaban J connectivity index is 1.74. The lowest BCUT2D eigenvalue weighted by molar-refractivity contribution is -0.141. The Morgan fingerprint density at radius 2 is 2.05 bits per heavy atom. The minimum atomic E-state index is -0.679. The highest BCUT2D eigenvalue weighted by atomic mass is 16.4. The predicted octanol–water partition coefficient (Wildman–Crippen LogP) is 3.89. The normalized spacial score (nSPS) is 23.3. The summed E-state index contributed by atoms with van der Waals surface area (Å²) < 4.78 is 0. The van der Waals surface area contributed by atoms with Gasteiger partial charge in [-0.2, -0.15) is 0 Å². The fraction of sp³-hybridized carbons (Fsp3) is 0.611. The third-order valence-corrected chi connectivity index (χ3v) is 5.17. The molecule has 0 bridgehead atoms. The topological polar surface area (TPSA) is 40.5 Å². The number of rotatable bonds is 5. The summed E-state index contributed by atoms with van der Waals surface area (Å²) in [7, 11) is 0. The van der Waals surface area contributed by atoms with Crippen molar-refractivity contribution in [3.63, 3.8) is 0 Å². The third-order valence-electron chi connectivity index (χ3n) is 5.17. The van der Waals surface area contributed by atoms with Crippen molar-refractivity contribution < 1.29 is 9.90 Å². The van der Waals surface area contributed by atoms with Crippen LogP contribution in [0.1, 0.15) is 50.5 Å². The van der Waals surface area contributed by atoms with Crippen molar-refractivity contribution in [2.45, 2.75) is 44.9 Å². The van der Waals surface area contributed by atoms with E-state index in [0.29, 0.717) is 5.92 Å². The van der Waals surface area contributed by atoms with Gasteiger partial charge in [0.2, 0.25) is 0 Å². The third kappa shape index (κ3) is 3.07. The number of anilines is 1. The van der Waals surface area contributed by atoms with E-state index < -0.39 is 5.97 Å². The summed E-state index contributed by atoms with van der Waals surface area (Å²) in [5.41, 5.74) is 2.69. The number of benzene rings is 1. The average molecular weight is 287 g/mol. The summed E-state index contributed by atoms with van der Waals surface area (Å²) >= 11 is 0. The first-order valence-corrected chi connectivity index (χ1v) is 8.22. The molecule has 1 aliphatic heterocycles. The molecule has 1 aliphatic carbocycles. The number of aliphatic carboxylic acids is 1. The van der Waals surface area contributed by atoms with Crippen molar-refractivity contribution in [1.29, 1.82) is 0 Å². The molecule has 114 valence electrons. The predicted molar refractivity (Wildman–Crippen MR) is 84.8 cm³/mol. The Morgan fingerprint density at radius 1 is 1.33 bits per heavy atom. The van der Waals surface area contributed by atoms with Crippen LogP contribution in [0.15, 0.2) is 24.3 Å². The summed E-state index contributed by atoms with van der Waals surface area (Å²) in [6.07, 6.45) is 6.20. The maximum Gasteiger partial charge on any atom is 0.306 e. The van der Waals surface area contributed by atoms with Crippen LogP contribution in [0.4, 0.5) is 5.69 Å². The second kappa shape index (κ2) is 6.08. The van der Waals surface area contributed by atoms with Gasteiger partial charge in [-0.25, -0.2) is 0 Å². The van der Waals surface area contributed by atoms with Gasteiger partial charge in [-0.1, -0.05) is 38.0 Å². The molecular formula is C18H25NO2. The molecule has 2 unspecified atom stereocenters.